The maximum absolute atomic E-state index is 13.1. The summed E-state index contributed by atoms with van der Waals surface area (Å²) in [6.45, 7) is 3.98. The fourth-order valence-electron chi connectivity index (χ4n) is 2.30. The quantitative estimate of drug-likeness (QED) is 0.772. The number of rotatable bonds is 3. The van der Waals surface area contributed by atoms with Crippen molar-refractivity contribution >= 4 is 34.2 Å². The van der Waals surface area contributed by atoms with Crippen molar-refractivity contribution in [2.75, 3.05) is 5.32 Å². The lowest BCUT2D eigenvalue weighted by Crippen LogP contribution is -2.14. The summed E-state index contributed by atoms with van der Waals surface area (Å²) in [5, 5.41) is 7.41. The van der Waals surface area contributed by atoms with Gasteiger partial charge >= 0.3 is 0 Å². The molecule has 23 heavy (non-hydrogen) atoms. The number of nitrogens with one attached hydrogen (secondary N) is 1. The summed E-state index contributed by atoms with van der Waals surface area (Å²) in [6.07, 6.45) is 0.0600. The first kappa shape index (κ1) is 15.5. The normalized spacial score (nSPS) is 11.0. The van der Waals surface area contributed by atoms with Gasteiger partial charge in [-0.05, 0) is 55.3 Å². The zero-order valence-electron chi connectivity index (χ0n) is 12.6. The van der Waals surface area contributed by atoms with Crippen LogP contribution in [0.2, 0.25) is 5.02 Å². The van der Waals surface area contributed by atoms with Gasteiger partial charge in [0.1, 0.15) is 11.5 Å². The summed E-state index contributed by atoms with van der Waals surface area (Å²) < 4.78 is 18.4. The second-order valence-corrected chi connectivity index (χ2v) is 5.82. The zero-order chi connectivity index (χ0) is 16.6. The molecule has 0 radical (unpaired) electrons. The van der Waals surface area contributed by atoms with E-state index in [1.165, 1.54) is 18.2 Å². The van der Waals surface area contributed by atoms with E-state index in [0.717, 1.165) is 16.5 Å². The summed E-state index contributed by atoms with van der Waals surface area (Å²) in [5.41, 5.74) is 3.86. The average molecular weight is 333 g/mol. The highest BCUT2D eigenvalue weighted by atomic mass is 35.5. The van der Waals surface area contributed by atoms with Gasteiger partial charge < -0.3 is 9.84 Å². The molecule has 4 nitrogen and oxygen atoms in total. The average Bonchev–Trinajstić information content (AvgIpc) is 2.86. The lowest BCUT2D eigenvalue weighted by molar-refractivity contribution is -0.115. The van der Waals surface area contributed by atoms with Crippen molar-refractivity contribution in [1.29, 1.82) is 0 Å². The highest BCUT2D eigenvalue weighted by Gasteiger charge is 2.14. The third kappa shape index (κ3) is 3.19. The number of anilines is 1. The van der Waals surface area contributed by atoms with Crippen LogP contribution in [0.25, 0.3) is 11.0 Å². The topological polar surface area (TPSA) is 55.1 Å². The summed E-state index contributed by atoms with van der Waals surface area (Å²) in [5.74, 6) is -0.806. The molecule has 3 aromatic rings. The number of benzene rings is 2. The van der Waals surface area contributed by atoms with Crippen LogP contribution in [0.1, 0.15) is 16.8 Å². The molecule has 0 unspecified atom stereocenters. The molecule has 1 aromatic heterocycles. The molecular weight excluding hydrogens is 319 g/mol. The van der Waals surface area contributed by atoms with Crippen LogP contribution in [0.3, 0.4) is 0 Å². The number of aromatic nitrogens is 1. The van der Waals surface area contributed by atoms with Gasteiger partial charge in [-0.1, -0.05) is 16.8 Å². The molecule has 1 amide bonds. The molecule has 3 rings (SSSR count). The van der Waals surface area contributed by atoms with Gasteiger partial charge in [0.25, 0.3) is 0 Å². The molecule has 1 heterocycles. The fraction of sp³-hybridized carbons (Fsp3) is 0.176. The molecule has 1 N–H and O–H groups in total. The molecule has 0 aliphatic rings. The molecule has 6 heteroatoms. The van der Waals surface area contributed by atoms with Crippen molar-refractivity contribution in [3.05, 3.63) is 58.0 Å². The van der Waals surface area contributed by atoms with E-state index in [2.05, 4.69) is 10.5 Å². The summed E-state index contributed by atoms with van der Waals surface area (Å²) >= 11 is 5.70. The van der Waals surface area contributed by atoms with Crippen LogP contribution in [0, 0.1) is 19.7 Å². The molecule has 0 saturated heterocycles. The maximum atomic E-state index is 13.1. The molecule has 2 aromatic carbocycles. The Bertz CT molecular complexity index is 905. The number of hydrogen-bond donors (Lipinski definition) is 1. The van der Waals surface area contributed by atoms with Crippen molar-refractivity contribution in [3.8, 4) is 0 Å². The Kier molecular flexibility index (Phi) is 4.05. The number of halogens is 2. The molecular formula is C17H14ClFN2O2. The highest BCUT2D eigenvalue weighted by molar-refractivity contribution is 6.31. The van der Waals surface area contributed by atoms with Crippen molar-refractivity contribution in [1.82, 2.24) is 5.16 Å². The number of hydrogen-bond acceptors (Lipinski definition) is 3. The summed E-state index contributed by atoms with van der Waals surface area (Å²) in [7, 11) is 0. The van der Waals surface area contributed by atoms with E-state index in [1.807, 2.05) is 26.0 Å². The van der Waals surface area contributed by atoms with Gasteiger partial charge in [0.15, 0.2) is 5.58 Å². The van der Waals surface area contributed by atoms with E-state index in [1.54, 1.807) is 0 Å². The third-order valence-electron chi connectivity index (χ3n) is 3.69. The van der Waals surface area contributed by atoms with Crippen molar-refractivity contribution in [3.63, 3.8) is 0 Å². The first-order valence-electron chi connectivity index (χ1n) is 7.04. The Morgan fingerprint density at radius 3 is 2.74 bits per heavy atom. The largest absolute Gasteiger partial charge is 0.356 e. The van der Waals surface area contributed by atoms with Gasteiger partial charge in [0, 0.05) is 11.1 Å². The van der Waals surface area contributed by atoms with Gasteiger partial charge in [-0.2, -0.15) is 0 Å². The molecule has 0 aliphatic carbocycles. The van der Waals surface area contributed by atoms with Crippen LogP contribution >= 0.6 is 11.6 Å². The van der Waals surface area contributed by atoms with Crippen LogP contribution < -0.4 is 5.32 Å². The predicted octanol–water partition coefficient (Wildman–Crippen LogP) is 4.42. The lowest BCUT2D eigenvalue weighted by Gasteiger charge is -2.05. The Hall–Kier alpha value is -2.40. The van der Waals surface area contributed by atoms with Crippen LogP contribution in [0.5, 0.6) is 0 Å². The fourth-order valence-corrected chi connectivity index (χ4v) is 2.48. The van der Waals surface area contributed by atoms with Gasteiger partial charge in [-0.15, -0.1) is 0 Å². The number of carbonyl (C=O) groups is 1. The van der Waals surface area contributed by atoms with E-state index >= 15 is 0 Å². The third-order valence-corrected chi connectivity index (χ3v) is 3.98. The smallest absolute Gasteiger partial charge is 0.230 e. The summed E-state index contributed by atoms with van der Waals surface area (Å²) in [6, 6.07) is 7.88. The van der Waals surface area contributed by atoms with Crippen LogP contribution in [0.4, 0.5) is 10.1 Å². The molecule has 0 atom stereocenters. The minimum atomic E-state index is -0.530. The highest BCUT2D eigenvalue weighted by Crippen LogP contribution is 2.24. The van der Waals surface area contributed by atoms with Gasteiger partial charge in [-0.3, -0.25) is 4.79 Å². The Morgan fingerprint density at radius 2 is 2.00 bits per heavy atom. The van der Waals surface area contributed by atoms with Crippen LogP contribution in [-0.2, 0) is 11.2 Å². The zero-order valence-corrected chi connectivity index (χ0v) is 13.4. The van der Waals surface area contributed by atoms with Crippen molar-refractivity contribution in [2.45, 2.75) is 20.3 Å². The van der Waals surface area contributed by atoms with Crippen LogP contribution in [-0.4, -0.2) is 11.1 Å². The molecule has 0 spiro atoms. The van der Waals surface area contributed by atoms with E-state index in [9.17, 15) is 9.18 Å². The first-order valence-corrected chi connectivity index (χ1v) is 7.42. The molecule has 0 saturated carbocycles. The van der Waals surface area contributed by atoms with E-state index in [4.69, 9.17) is 16.1 Å². The van der Waals surface area contributed by atoms with Gasteiger partial charge in [-0.25, -0.2) is 4.39 Å². The SMILES string of the molecule is Cc1cc2onc(CC(=O)Nc3ccc(F)c(Cl)c3)c2cc1C. The first-order chi connectivity index (χ1) is 10.9. The van der Waals surface area contributed by atoms with Crippen molar-refractivity contribution in [2.24, 2.45) is 0 Å². The van der Waals surface area contributed by atoms with E-state index in [-0.39, 0.29) is 17.4 Å². The number of aryl methyl sites for hydroxylation is 2. The minimum absolute atomic E-state index is 0.0409. The second kappa shape index (κ2) is 6.01. The van der Waals surface area contributed by atoms with Crippen LogP contribution in [0.15, 0.2) is 34.9 Å². The Labute approximate surface area is 137 Å². The number of nitrogens with zero attached hydrogens (tertiary/aromatic N) is 1. The van der Waals surface area contributed by atoms with Gasteiger partial charge in [0.05, 0.1) is 11.4 Å². The summed E-state index contributed by atoms with van der Waals surface area (Å²) in [4.78, 5) is 12.1. The van der Waals surface area contributed by atoms with Crippen molar-refractivity contribution < 1.29 is 13.7 Å². The maximum Gasteiger partial charge on any atom is 0.230 e. The monoisotopic (exact) mass is 332 g/mol. The number of fused-ring (bicyclic) bond motifs is 1. The molecule has 118 valence electrons. The molecule has 0 bridgehead atoms. The number of amides is 1. The molecule has 0 fully saturated rings. The number of carbonyl (C=O) groups excluding carboxylic acids is 1. The molecule has 0 aliphatic heterocycles. The second-order valence-electron chi connectivity index (χ2n) is 5.42. The van der Waals surface area contributed by atoms with Gasteiger partial charge in [0.2, 0.25) is 5.91 Å². The Balaban J connectivity index is 1.80. The standard InChI is InChI=1S/C17H14ClFN2O2/c1-9-5-12-15(21-23-16(12)6-10(9)2)8-17(22)20-11-3-4-14(19)13(18)7-11/h3-7H,8H2,1-2H3,(H,20,22). The predicted molar refractivity (Wildman–Crippen MR) is 87.2 cm³/mol. The van der Waals surface area contributed by atoms with E-state index in [0.29, 0.717) is 17.0 Å². The Morgan fingerprint density at radius 1 is 1.26 bits per heavy atom. The minimum Gasteiger partial charge on any atom is -0.356 e. The lowest BCUT2D eigenvalue weighted by atomic mass is 10.1. The van der Waals surface area contributed by atoms with E-state index < -0.39 is 5.82 Å².